The molecule has 0 amide bonds. The second-order valence-electron chi connectivity index (χ2n) is 4.12. The van der Waals surface area contributed by atoms with Crippen LogP contribution in [0.3, 0.4) is 0 Å². The molecule has 0 N–H and O–H groups in total. The molecule has 0 unspecified atom stereocenters. The van der Waals surface area contributed by atoms with Crippen LogP contribution in [0.25, 0.3) is 0 Å². The Morgan fingerprint density at radius 1 is 1.31 bits per heavy atom. The molecule has 0 aromatic carbocycles. The Kier molecular flexibility index (Phi) is 2.07. The lowest BCUT2D eigenvalue weighted by Crippen LogP contribution is -2.44. The van der Waals surface area contributed by atoms with Crippen molar-refractivity contribution in [3.05, 3.63) is 18.5 Å². The molecule has 2 rings (SSSR count). The second-order valence-corrected chi connectivity index (χ2v) is 8.78. The fourth-order valence-corrected chi connectivity index (χ4v) is 4.62. The third-order valence-electron chi connectivity index (χ3n) is 2.69. The van der Waals surface area contributed by atoms with Crippen molar-refractivity contribution in [2.24, 2.45) is 0 Å². The van der Waals surface area contributed by atoms with Gasteiger partial charge in [-0.15, -0.1) is 0 Å². The summed E-state index contributed by atoms with van der Waals surface area (Å²) in [5, 5.41) is 0. The van der Waals surface area contributed by atoms with Crippen molar-refractivity contribution in [3.63, 3.8) is 0 Å². The average Bonchev–Trinajstić information content (AvgIpc) is 2.47. The van der Waals surface area contributed by atoms with Crippen LogP contribution >= 0.6 is 0 Å². The van der Waals surface area contributed by atoms with Crippen molar-refractivity contribution in [1.82, 2.24) is 9.97 Å². The van der Waals surface area contributed by atoms with Crippen LogP contribution in [0.1, 0.15) is 6.42 Å². The van der Waals surface area contributed by atoms with Crippen LogP contribution in [0.15, 0.2) is 18.5 Å². The molecule has 1 saturated heterocycles. The summed E-state index contributed by atoms with van der Waals surface area (Å²) in [6.45, 7) is 5.91. The Labute approximate surface area is 79.9 Å². The highest BCUT2D eigenvalue weighted by Crippen LogP contribution is 2.28. The molecular formula is C9H15N3Si. The average molecular weight is 193 g/mol. The van der Waals surface area contributed by atoms with Gasteiger partial charge in [0.2, 0.25) is 5.95 Å². The van der Waals surface area contributed by atoms with Gasteiger partial charge in [0.1, 0.15) is 0 Å². The van der Waals surface area contributed by atoms with Crippen molar-refractivity contribution in [2.75, 3.05) is 11.1 Å². The smallest absolute Gasteiger partial charge is 0.217 e. The lowest BCUT2D eigenvalue weighted by atomic mass is 10.5. The van der Waals surface area contributed by atoms with E-state index in [4.69, 9.17) is 0 Å². The fourth-order valence-electron chi connectivity index (χ4n) is 1.91. The first-order chi connectivity index (χ1) is 6.20. The standard InChI is InChI=1S/C9H15N3Si/c1-13(2)8-4-7-12(13)9-10-5-3-6-11-9/h3,5-6H,4,7-8H2,1-2H3. The SMILES string of the molecule is C[Si]1(C)CCCN1c1ncccn1. The Morgan fingerprint density at radius 2 is 2.00 bits per heavy atom. The summed E-state index contributed by atoms with van der Waals surface area (Å²) in [5.74, 6) is 0.927. The third-order valence-corrected chi connectivity index (χ3v) is 6.16. The molecule has 0 saturated carbocycles. The van der Waals surface area contributed by atoms with Gasteiger partial charge < -0.3 is 4.57 Å². The summed E-state index contributed by atoms with van der Waals surface area (Å²) < 4.78 is 2.42. The van der Waals surface area contributed by atoms with Gasteiger partial charge >= 0.3 is 0 Å². The molecule has 13 heavy (non-hydrogen) atoms. The molecule has 2 heterocycles. The maximum absolute atomic E-state index is 4.31. The Balaban J connectivity index is 2.27. The molecule has 0 atom stereocenters. The molecule has 3 nitrogen and oxygen atoms in total. The zero-order valence-corrected chi connectivity index (χ0v) is 9.20. The van der Waals surface area contributed by atoms with Crippen molar-refractivity contribution < 1.29 is 0 Å². The van der Waals surface area contributed by atoms with Gasteiger partial charge in [-0.25, -0.2) is 9.97 Å². The van der Waals surface area contributed by atoms with Gasteiger partial charge in [0.05, 0.1) is 0 Å². The maximum Gasteiger partial charge on any atom is 0.217 e. The summed E-state index contributed by atoms with van der Waals surface area (Å²) >= 11 is 0. The van der Waals surface area contributed by atoms with Gasteiger partial charge in [-0.2, -0.15) is 0 Å². The van der Waals surface area contributed by atoms with Crippen molar-refractivity contribution in [2.45, 2.75) is 25.6 Å². The van der Waals surface area contributed by atoms with Crippen LogP contribution in [0.5, 0.6) is 0 Å². The number of hydrogen-bond donors (Lipinski definition) is 0. The minimum atomic E-state index is -1.20. The summed E-state index contributed by atoms with van der Waals surface area (Å²) in [6.07, 6.45) is 4.95. The molecule has 0 bridgehead atoms. The van der Waals surface area contributed by atoms with Crippen LogP contribution in [-0.2, 0) is 0 Å². The highest BCUT2D eigenvalue weighted by Gasteiger charge is 2.35. The highest BCUT2D eigenvalue weighted by molar-refractivity contribution is 6.81. The topological polar surface area (TPSA) is 29.0 Å². The molecule has 0 radical (unpaired) electrons. The quantitative estimate of drug-likeness (QED) is 0.638. The highest BCUT2D eigenvalue weighted by atomic mass is 28.3. The zero-order valence-electron chi connectivity index (χ0n) is 8.20. The second kappa shape index (κ2) is 3.10. The van der Waals surface area contributed by atoms with Gasteiger partial charge in [0.15, 0.2) is 8.24 Å². The fraction of sp³-hybridized carbons (Fsp3) is 0.556. The predicted octanol–water partition coefficient (Wildman–Crippen LogP) is 1.89. The van der Waals surface area contributed by atoms with Gasteiger partial charge in [0.25, 0.3) is 0 Å². The minimum absolute atomic E-state index is 0.927. The van der Waals surface area contributed by atoms with Crippen LogP contribution in [0, 0.1) is 0 Å². The number of hydrogen-bond acceptors (Lipinski definition) is 3. The molecule has 4 heteroatoms. The van der Waals surface area contributed by atoms with Gasteiger partial charge in [-0.3, -0.25) is 0 Å². The molecule has 0 spiro atoms. The summed E-state index contributed by atoms with van der Waals surface area (Å²) in [6, 6.07) is 3.24. The van der Waals surface area contributed by atoms with E-state index in [1.165, 1.54) is 12.5 Å². The molecule has 1 aromatic rings. The van der Waals surface area contributed by atoms with Crippen molar-refractivity contribution in [1.29, 1.82) is 0 Å². The van der Waals surface area contributed by atoms with Gasteiger partial charge in [-0.05, 0) is 18.5 Å². The van der Waals surface area contributed by atoms with Crippen LogP contribution in [0.2, 0.25) is 19.1 Å². The van der Waals surface area contributed by atoms with Gasteiger partial charge in [-0.1, -0.05) is 13.1 Å². The molecule has 1 fully saturated rings. The van der Waals surface area contributed by atoms with E-state index in [-0.39, 0.29) is 0 Å². The van der Waals surface area contributed by atoms with Crippen LogP contribution in [0.4, 0.5) is 5.95 Å². The molecule has 1 aliphatic rings. The molecular weight excluding hydrogens is 178 g/mol. The monoisotopic (exact) mass is 193 g/mol. The van der Waals surface area contributed by atoms with Crippen LogP contribution in [-0.4, -0.2) is 24.7 Å². The Morgan fingerprint density at radius 3 is 2.54 bits per heavy atom. The lowest BCUT2D eigenvalue weighted by molar-refractivity contribution is 0.940. The van der Waals surface area contributed by atoms with Crippen LogP contribution < -0.4 is 4.57 Å². The van der Waals surface area contributed by atoms with Crippen molar-refractivity contribution in [3.8, 4) is 0 Å². The molecule has 70 valence electrons. The first-order valence-corrected chi connectivity index (χ1v) is 7.90. The third kappa shape index (κ3) is 1.58. The number of aromatic nitrogens is 2. The summed E-state index contributed by atoms with van der Waals surface area (Å²) in [5.41, 5.74) is 0. The summed E-state index contributed by atoms with van der Waals surface area (Å²) in [4.78, 5) is 8.61. The summed E-state index contributed by atoms with van der Waals surface area (Å²) in [7, 11) is -1.20. The Hall–Kier alpha value is -0.903. The molecule has 1 aromatic heterocycles. The van der Waals surface area contributed by atoms with E-state index in [2.05, 4.69) is 27.6 Å². The van der Waals surface area contributed by atoms with E-state index < -0.39 is 8.24 Å². The number of rotatable bonds is 1. The first-order valence-electron chi connectivity index (χ1n) is 4.75. The predicted molar refractivity (Wildman–Crippen MR) is 56.3 cm³/mol. The van der Waals surface area contributed by atoms with E-state index in [1.54, 1.807) is 0 Å². The minimum Gasteiger partial charge on any atom is -0.368 e. The number of anilines is 1. The van der Waals surface area contributed by atoms with E-state index >= 15 is 0 Å². The van der Waals surface area contributed by atoms with E-state index in [1.807, 2.05) is 18.5 Å². The van der Waals surface area contributed by atoms with E-state index in [0.29, 0.717) is 0 Å². The molecule has 1 aliphatic heterocycles. The normalized spacial score (nSPS) is 20.6. The number of nitrogens with zero attached hydrogens (tertiary/aromatic N) is 3. The molecule has 0 aliphatic carbocycles. The van der Waals surface area contributed by atoms with E-state index in [9.17, 15) is 0 Å². The van der Waals surface area contributed by atoms with E-state index in [0.717, 1.165) is 12.5 Å². The lowest BCUT2D eigenvalue weighted by Gasteiger charge is -2.29. The first kappa shape index (κ1) is 8.68. The largest absolute Gasteiger partial charge is 0.368 e. The van der Waals surface area contributed by atoms with Gasteiger partial charge in [0, 0.05) is 18.9 Å². The maximum atomic E-state index is 4.31. The zero-order chi connectivity index (χ0) is 9.31. The Bertz CT molecular complexity index is 286. The van der Waals surface area contributed by atoms with Crippen molar-refractivity contribution >= 4 is 14.2 Å².